The standard InChI is InChI=1S/C67H130O17P2/c1-9-57(5)43-35-27-19-15-13-14-16-21-33-41-49-66(71)83-62(53-77-64(69)47-39-31-25-23-29-37-45-59(7)11-3)55-81-85(73,74)79-51-61(68)52-80-86(75,76)82-56-63(54-78-65(70)48-40-32-26-24-30-38-46-60(8)12-4)84-67(72)50-42-34-22-18-17-20-28-36-44-58(6)10-2/h57-63,68H,9-56H2,1-8H3,(H,73,74)(H,75,76)/t57?,58?,59?,60?,61-,62+,63+/m0/s1. The summed E-state index contributed by atoms with van der Waals surface area (Å²) in [5.41, 5.74) is 0. The predicted molar refractivity (Wildman–Crippen MR) is 344 cm³/mol. The molecule has 0 aliphatic heterocycles. The van der Waals surface area contributed by atoms with Crippen LogP contribution in [0.15, 0.2) is 0 Å². The van der Waals surface area contributed by atoms with Gasteiger partial charge in [-0.05, 0) is 49.4 Å². The van der Waals surface area contributed by atoms with Gasteiger partial charge >= 0.3 is 39.5 Å². The lowest BCUT2D eigenvalue weighted by atomic mass is 9.99. The van der Waals surface area contributed by atoms with Crippen molar-refractivity contribution in [2.75, 3.05) is 39.6 Å². The van der Waals surface area contributed by atoms with Crippen LogP contribution in [0.5, 0.6) is 0 Å². The molecule has 510 valence electrons. The number of phosphoric acid groups is 2. The quantitative estimate of drug-likeness (QED) is 0.0222. The normalized spacial score (nSPS) is 15.6. The smallest absolute Gasteiger partial charge is 0.462 e. The summed E-state index contributed by atoms with van der Waals surface area (Å²) in [7, 11) is -9.90. The third-order valence-electron chi connectivity index (χ3n) is 16.8. The molecular formula is C67H130O17P2. The fourth-order valence-corrected chi connectivity index (χ4v) is 11.4. The minimum absolute atomic E-state index is 0.103. The molecule has 0 bridgehead atoms. The van der Waals surface area contributed by atoms with E-state index < -0.39 is 97.5 Å². The molecule has 0 heterocycles. The third-order valence-corrected chi connectivity index (χ3v) is 18.7. The Kier molecular flexibility index (Phi) is 55.7. The van der Waals surface area contributed by atoms with Crippen molar-refractivity contribution < 1.29 is 80.2 Å². The Morgan fingerprint density at radius 1 is 0.314 bits per heavy atom. The molecule has 6 unspecified atom stereocenters. The summed E-state index contributed by atoms with van der Waals surface area (Å²) in [6.45, 7) is 14.1. The van der Waals surface area contributed by atoms with Crippen LogP contribution in [-0.4, -0.2) is 96.7 Å². The summed E-state index contributed by atoms with van der Waals surface area (Å²) in [6, 6.07) is 0. The molecule has 0 aromatic heterocycles. The van der Waals surface area contributed by atoms with E-state index in [1.807, 2.05) is 0 Å². The van der Waals surface area contributed by atoms with Crippen LogP contribution in [0.2, 0.25) is 0 Å². The van der Waals surface area contributed by atoms with Gasteiger partial charge in [0.25, 0.3) is 0 Å². The number of aliphatic hydroxyl groups is 1. The van der Waals surface area contributed by atoms with E-state index in [1.54, 1.807) is 0 Å². The molecule has 9 atom stereocenters. The molecule has 3 N–H and O–H groups in total. The summed E-state index contributed by atoms with van der Waals surface area (Å²) in [5.74, 6) is 0.897. The molecule has 86 heavy (non-hydrogen) atoms. The molecule has 17 nitrogen and oxygen atoms in total. The van der Waals surface area contributed by atoms with Crippen molar-refractivity contribution in [3.05, 3.63) is 0 Å². The molecule has 0 saturated heterocycles. The average Bonchev–Trinajstić information content (AvgIpc) is 3.62. The van der Waals surface area contributed by atoms with E-state index >= 15 is 0 Å². The summed E-state index contributed by atoms with van der Waals surface area (Å²) in [5, 5.41) is 10.6. The predicted octanol–water partition coefficient (Wildman–Crippen LogP) is 18.5. The molecular weight excluding hydrogens is 1140 g/mol. The van der Waals surface area contributed by atoms with Crippen molar-refractivity contribution >= 4 is 39.5 Å². The first-order valence-electron chi connectivity index (χ1n) is 34.9. The lowest BCUT2D eigenvalue weighted by Gasteiger charge is -2.21. The van der Waals surface area contributed by atoms with E-state index in [4.69, 9.17) is 37.0 Å². The fourth-order valence-electron chi connectivity index (χ4n) is 9.83. The van der Waals surface area contributed by atoms with Crippen LogP contribution in [-0.2, 0) is 65.4 Å². The van der Waals surface area contributed by atoms with Gasteiger partial charge in [-0.2, -0.15) is 0 Å². The Morgan fingerprint density at radius 2 is 0.523 bits per heavy atom. The van der Waals surface area contributed by atoms with Crippen LogP contribution in [0.25, 0.3) is 0 Å². The molecule has 0 aliphatic carbocycles. The van der Waals surface area contributed by atoms with Gasteiger partial charge < -0.3 is 33.8 Å². The number of carbonyl (C=O) groups is 4. The number of phosphoric ester groups is 2. The van der Waals surface area contributed by atoms with Crippen LogP contribution < -0.4 is 0 Å². The highest BCUT2D eigenvalue weighted by molar-refractivity contribution is 7.47. The number of hydrogen-bond acceptors (Lipinski definition) is 15. The first kappa shape index (κ1) is 84.1. The molecule has 0 radical (unpaired) electrons. The maximum Gasteiger partial charge on any atom is 0.472 e. The van der Waals surface area contributed by atoms with Gasteiger partial charge in [0, 0.05) is 25.7 Å². The van der Waals surface area contributed by atoms with Gasteiger partial charge in [-0.15, -0.1) is 0 Å². The Labute approximate surface area is 524 Å². The van der Waals surface area contributed by atoms with E-state index in [-0.39, 0.29) is 25.7 Å². The molecule has 19 heteroatoms. The number of ether oxygens (including phenoxy) is 4. The molecule has 0 amide bonds. The van der Waals surface area contributed by atoms with Gasteiger partial charge in [0.2, 0.25) is 0 Å². The average molecular weight is 1270 g/mol. The van der Waals surface area contributed by atoms with Crippen LogP contribution >= 0.6 is 15.6 Å². The van der Waals surface area contributed by atoms with Gasteiger partial charge in [0.15, 0.2) is 12.2 Å². The molecule has 0 aromatic rings. The number of esters is 4. The van der Waals surface area contributed by atoms with Gasteiger partial charge in [0.1, 0.15) is 19.3 Å². The topological polar surface area (TPSA) is 237 Å². The molecule has 0 saturated carbocycles. The Hall–Kier alpha value is -1.94. The van der Waals surface area contributed by atoms with E-state index in [2.05, 4.69) is 55.4 Å². The monoisotopic (exact) mass is 1270 g/mol. The number of aliphatic hydroxyl groups excluding tert-OH is 1. The van der Waals surface area contributed by atoms with E-state index in [9.17, 15) is 43.2 Å². The summed E-state index contributed by atoms with van der Waals surface area (Å²) >= 11 is 0. The van der Waals surface area contributed by atoms with Crippen molar-refractivity contribution in [3.63, 3.8) is 0 Å². The largest absolute Gasteiger partial charge is 0.472 e. The lowest BCUT2D eigenvalue weighted by molar-refractivity contribution is -0.161. The minimum Gasteiger partial charge on any atom is -0.462 e. The first-order valence-corrected chi connectivity index (χ1v) is 37.8. The van der Waals surface area contributed by atoms with Crippen LogP contribution in [0.4, 0.5) is 0 Å². The first-order chi connectivity index (χ1) is 41.2. The van der Waals surface area contributed by atoms with Crippen LogP contribution in [0, 0.1) is 23.7 Å². The van der Waals surface area contributed by atoms with E-state index in [1.165, 1.54) is 116 Å². The van der Waals surface area contributed by atoms with E-state index in [0.717, 1.165) is 126 Å². The van der Waals surface area contributed by atoms with E-state index in [0.29, 0.717) is 25.7 Å². The van der Waals surface area contributed by atoms with Crippen molar-refractivity contribution in [2.45, 2.75) is 343 Å². The zero-order valence-corrected chi connectivity index (χ0v) is 57.7. The Bertz CT molecular complexity index is 1720. The molecule has 0 spiro atoms. The van der Waals surface area contributed by atoms with Crippen LogP contribution in [0.1, 0.15) is 325 Å². The van der Waals surface area contributed by atoms with Crippen molar-refractivity contribution in [1.29, 1.82) is 0 Å². The van der Waals surface area contributed by atoms with Gasteiger partial charge in [0.05, 0.1) is 26.4 Å². The number of hydrogen-bond donors (Lipinski definition) is 3. The van der Waals surface area contributed by atoms with Crippen molar-refractivity contribution in [3.8, 4) is 0 Å². The zero-order valence-electron chi connectivity index (χ0n) is 55.9. The van der Waals surface area contributed by atoms with Crippen molar-refractivity contribution in [2.24, 2.45) is 23.7 Å². The lowest BCUT2D eigenvalue weighted by Crippen LogP contribution is -2.30. The van der Waals surface area contributed by atoms with Gasteiger partial charge in [-0.3, -0.25) is 37.3 Å². The maximum atomic E-state index is 13.0. The summed E-state index contributed by atoms with van der Waals surface area (Å²) in [4.78, 5) is 72.4. The number of carbonyl (C=O) groups excluding carboxylic acids is 4. The molecule has 0 fully saturated rings. The molecule has 0 rings (SSSR count). The summed E-state index contributed by atoms with van der Waals surface area (Å²) < 4.78 is 68.1. The Balaban J connectivity index is 5.28. The minimum atomic E-state index is -4.95. The Morgan fingerprint density at radius 3 is 0.767 bits per heavy atom. The fraction of sp³-hybridized carbons (Fsp3) is 0.940. The maximum absolute atomic E-state index is 13.0. The number of unbranched alkanes of at least 4 members (excludes halogenated alkanes) is 26. The summed E-state index contributed by atoms with van der Waals surface area (Å²) in [6.07, 6.45) is 37.5. The highest BCUT2D eigenvalue weighted by Crippen LogP contribution is 2.45. The number of rotatable bonds is 64. The van der Waals surface area contributed by atoms with Crippen molar-refractivity contribution in [1.82, 2.24) is 0 Å². The highest BCUT2D eigenvalue weighted by atomic mass is 31.2. The van der Waals surface area contributed by atoms with Gasteiger partial charge in [-0.25, -0.2) is 9.13 Å². The third kappa shape index (κ3) is 56.1. The SMILES string of the molecule is CCC(C)CCCCCCCCCCCCC(=O)O[C@H](COC(=O)CCCCCCCCC(C)CC)COP(=O)(O)OC[C@H](O)COP(=O)(O)OC[C@@H](COC(=O)CCCCCCCCC(C)CC)OC(=O)CCCCCCCCCCC(C)CC. The van der Waals surface area contributed by atoms with Gasteiger partial charge in [-0.1, -0.05) is 274 Å². The zero-order chi connectivity index (χ0) is 63.9. The molecule has 0 aromatic carbocycles. The highest BCUT2D eigenvalue weighted by Gasteiger charge is 2.30. The second-order valence-corrected chi connectivity index (χ2v) is 28.1. The van der Waals surface area contributed by atoms with Crippen LogP contribution in [0.3, 0.4) is 0 Å². The molecule has 0 aliphatic rings. The second kappa shape index (κ2) is 57.0. The second-order valence-electron chi connectivity index (χ2n) is 25.2.